The van der Waals surface area contributed by atoms with Crippen LogP contribution in [0.3, 0.4) is 0 Å². The number of aromatic nitrogens is 3. The second-order valence-corrected chi connectivity index (χ2v) is 8.60. The number of hydrogen-bond acceptors (Lipinski definition) is 5. The Kier molecular flexibility index (Phi) is 6.07. The zero-order valence-corrected chi connectivity index (χ0v) is 17.8. The maximum Gasteiger partial charge on any atom is 0.350 e. The number of rotatable bonds is 6. The van der Waals surface area contributed by atoms with E-state index in [1.807, 2.05) is 43.3 Å². The summed E-state index contributed by atoms with van der Waals surface area (Å²) in [4.78, 5) is 14.6. The molecule has 7 heteroatoms. The van der Waals surface area contributed by atoms with Gasteiger partial charge in [-0.1, -0.05) is 30.8 Å². The molecule has 0 atom stereocenters. The summed E-state index contributed by atoms with van der Waals surface area (Å²) >= 11 is 1.64. The second-order valence-electron chi connectivity index (χ2n) is 7.45. The molecular formula is C23H24N4O2S. The number of nitriles is 1. The van der Waals surface area contributed by atoms with E-state index < -0.39 is 5.41 Å². The first-order chi connectivity index (χ1) is 14.6. The molecule has 30 heavy (non-hydrogen) atoms. The standard InChI is InChI=1S/C23H24N4O2S/c1-2-12-26-17-25-27(22(26)28)19-6-8-20(9-7-19)30-21-5-3-4-18(15-21)23(16-24)10-13-29-14-11-23/h3-9,15,17H,2,10-14H2,1H3. The van der Waals surface area contributed by atoms with Crippen LogP contribution in [-0.4, -0.2) is 27.6 Å². The molecule has 154 valence electrons. The summed E-state index contributed by atoms with van der Waals surface area (Å²) in [7, 11) is 0. The summed E-state index contributed by atoms with van der Waals surface area (Å²) in [5.74, 6) is 0. The van der Waals surface area contributed by atoms with Crippen LogP contribution in [0.1, 0.15) is 31.7 Å². The molecule has 6 nitrogen and oxygen atoms in total. The molecule has 0 amide bonds. The van der Waals surface area contributed by atoms with Crippen molar-refractivity contribution in [2.45, 2.75) is 47.9 Å². The summed E-state index contributed by atoms with van der Waals surface area (Å²) < 4.78 is 8.50. The fraction of sp³-hybridized carbons (Fsp3) is 0.348. The van der Waals surface area contributed by atoms with Crippen LogP contribution >= 0.6 is 11.8 Å². The highest BCUT2D eigenvalue weighted by Crippen LogP contribution is 2.37. The van der Waals surface area contributed by atoms with Crippen molar-refractivity contribution in [3.63, 3.8) is 0 Å². The van der Waals surface area contributed by atoms with Crippen molar-refractivity contribution in [1.82, 2.24) is 14.3 Å². The minimum absolute atomic E-state index is 0.122. The maximum absolute atomic E-state index is 12.4. The van der Waals surface area contributed by atoms with Crippen molar-refractivity contribution in [1.29, 1.82) is 5.26 Å². The zero-order valence-electron chi connectivity index (χ0n) is 17.0. The van der Waals surface area contributed by atoms with Gasteiger partial charge in [0.2, 0.25) is 0 Å². The molecule has 0 bridgehead atoms. The third kappa shape index (κ3) is 4.07. The smallest absolute Gasteiger partial charge is 0.350 e. The van der Waals surface area contributed by atoms with Crippen LogP contribution in [0.4, 0.5) is 0 Å². The zero-order chi connectivity index (χ0) is 21.0. The van der Waals surface area contributed by atoms with Crippen LogP contribution in [0.2, 0.25) is 0 Å². The quantitative estimate of drug-likeness (QED) is 0.598. The van der Waals surface area contributed by atoms with Crippen molar-refractivity contribution >= 4 is 11.8 Å². The summed E-state index contributed by atoms with van der Waals surface area (Å²) in [6.07, 6.45) is 3.93. The number of aryl methyl sites for hydroxylation is 1. The monoisotopic (exact) mass is 420 g/mol. The average molecular weight is 421 g/mol. The summed E-state index contributed by atoms with van der Waals surface area (Å²) in [6, 6.07) is 18.6. The summed E-state index contributed by atoms with van der Waals surface area (Å²) in [5.41, 5.74) is 1.22. The predicted molar refractivity (Wildman–Crippen MR) is 116 cm³/mol. The molecule has 0 spiro atoms. The molecule has 0 radical (unpaired) electrons. The highest BCUT2D eigenvalue weighted by molar-refractivity contribution is 7.99. The Hall–Kier alpha value is -2.82. The first-order valence-corrected chi connectivity index (χ1v) is 11.0. The normalized spacial score (nSPS) is 15.6. The molecule has 1 aliphatic rings. The van der Waals surface area contributed by atoms with Gasteiger partial charge in [0.25, 0.3) is 0 Å². The number of ether oxygens (including phenoxy) is 1. The Morgan fingerprint density at radius 3 is 2.63 bits per heavy atom. The lowest BCUT2D eigenvalue weighted by Gasteiger charge is -2.31. The molecule has 0 N–H and O–H groups in total. The van der Waals surface area contributed by atoms with Gasteiger partial charge in [0.1, 0.15) is 6.33 Å². The molecule has 0 aliphatic carbocycles. The molecule has 2 aromatic carbocycles. The predicted octanol–water partition coefficient (Wildman–Crippen LogP) is 4.17. The highest BCUT2D eigenvalue weighted by atomic mass is 32.2. The van der Waals surface area contributed by atoms with E-state index >= 15 is 0 Å². The lowest BCUT2D eigenvalue weighted by Crippen LogP contribution is -2.32. The van der Waals surface area contributed by atoms with Crippen LogP contribution in [0, 0.1) is 11.3 Å². The Morgan fingerprint density at radius 1 is 1.17 bits per heavy atom. The molecule has 1 fully saturated rings. The lowest BCUT2D eigenvalue weighted by atomic mass is 9.75. The van der Waals surface area contributed by atoms with Gasteiger partial charge in [0.15, 0.2) is 0 Å². The SMILES string of the molecule is CCCn1cnn(-c2ccc(Sc3cccc(C4(C#N)CCOCC4)c3)cc2)c1=O. The van der Waals surface area contributed by atoms with Gasteiger partial charge in [-0.25, -0.2) is 4.79 Å². The maximum atomic E-state index is 12.4. The van der Waals surface area contributed by atoms with Gasteiger partial charge in [-0.05, 0) is 61.2 Å². The van der Waals surface area contributed by atoms with Crippen LogP contribution in [0.15, 0.2) is 69.4 Å². The molecule has 0 unspecified atom stereocenters. The van der Waals surface area contributed by atoms with Gasteiger partial charge in [-0.15, -0.1) is 0 Å². The minimum atomic E-state index is -0.461. The van der Waals surface area contributed by atoms with Crippen molar-refractivity contribution < 1.29 is 4.74 Å². The van der Waals surface area contributed by atoms with Gasteiger partial charge in [0, 0.05) is 29.5 Å². The summed E-state index contributed by atoms with van der Waals surface area (Å²) in [6.45, 7) is 3.95. The van der Waals surface area contributed by atoms with E-state index in [0.717, 1.165) is 40.3 Å². The molecule has 1 aromatic heterocycles. The Labute approximate surface area is 180 Å². The van der Waals surface area contributed by atoms with Gasteiger partial charge >= 0.3 is 5.69 Å². The van der Waals surface area contributed by atoms with Gasteiger partial charge < -0.3 is 4.74 Å². The molecule has 1 aliphatic heterocycles. The van der Waals surface area contributed by atoms with E-state index in [1.165, 1.54) is 4.68 Å². The highest BCUT2D eigenvalue weighted by Gasteiger charge is 2.34. The van der Waals surface area contributed by atoms with Gasteiger partial charge in [-0.2, -0.15) is 15.0 Å². The molecule has 4 rings (SSSR count). The van der Waals surface area contributed by atoms with Crippen LogP contribution in [0.25, 0.3) is 5.69 Å². The minimum Gasteiger partial charge on any atom is -0.381 e. The van der Waals surface area contributed by atoms with E-state index in [2.05, 4.69) is 23.3 Å². The largest absolute Gasteiger partial charge is 0.381 e. The van der Waals surface area contributed by atoms with Crippen LogP contribution < -0.4 is 5.69 Å². The van der Waals surface area contributed by atoms with Crippen LogP contribution in [0.5, 0.6) is 0 Å². The van der Waals surface area contributed by atoms with E-state index in [1.54, 1.807) is 22.7 Å². The number of nitrogens with zero attached hydrogens (tertiary/aromatic N) is 4. The van der Waals surface area contributed by atoms with E-state index in [4.69, 9.17) is 4.74 Å². The summed E-state index contributed by atoms with van der Waals surface area (Å²) in [5, 5.41) is 14.0. The molecule has 2 heterocycles. The van der Waals surface area contributed by atoms with Crippen LogP contribution in [-0.2, 0) is 16.7 Å². The Morgan fingerprint density at radius 2 is 1.93 bits per heavy atom. The fourth-order valence-corrected chi connectivity index (χ4v) is 4.62. The Balaban J connectivity index is 1.53. The molecule has 1 saturated heterocycles. The van der Waals surface area contributed by atoms with E-state index in [-0.39, 0.29) is 5.69 Å². The lowest BCUT2D eigenvalue weighted by molar-refractivity contribution is 0.0675. The van der Waals surface area contributed by atoms with E-state index in [9.17, 15) is 10.1 Å². The number of hydrogen-bond donors (Lipinski definition) is 0. The van der Waals surface area contributed by atoms with Crippen molar-refractivity contribution in [2.24, 2.45) is 0 Å². The number of benzene rings is 2. The van der Waals surface area contributed by atoms with E-state index in [0.29, 0.717) is 19.8 Å². The van der Waals surface area contributed by atoms with Crippen molar-refractivity contribution in [2.75, 3.05) is 13.2 Å². The molecule has 3 aromatic rings. The molecular weight excluding hydrogens is 396 g/mol. The third-order valence-corrected chi connectivity index (χ3v) is 6.46. The average Bonchev–Trinajstić information content (AvgIpc) is 3.15. The second kappa shape index (κ2) is 8.90. The first kappa shape index (κ1) is 20.5. The Bertz CT molecular complexity index is 1110. The topological polar surface area (TPSA) is 72.8 Å². The van der Waals surface area contributed by atoms with Crippen molar-refractivity contribution in [3.05, 3.63) is 70.9 Å². The van der Waals surface area contributed by atoms with Gasteiger partial charge in [-0.3, -0.25) is 4.57 Å². The first-order valence-electron chi connectivity index (χ1n) is 10.2. The third-order valence-electron chi connectivity index (χ3n) is 5.46. The molecule has 0 saturated carbocycles. The van der Waals surface area contributed by atoms with Gasteiger partial charge in [0.05, 0.1) is 17.2 Å². The van der Waals surface area contributed by atoms with Crippen molar-refractivity contribution in [3.8, 4) is 11.8 Å². The fourth-order valence-electron chi connectivity index (χ4n) is 3.74.